The zero-order valence-corrected chi connectivity index (χ0v) is 21.0. The van der Waals surface area contributed by atoms with E-state index in [4.69, 9.17) is 16.3 Å². The summed E-state index contributed by atoms with van der Waals surface area (Å²) in [4.78, 5) is 42.2. The van der Waals surface area contributed by atoms with Crippen molar-refractivity contribution in [1.82, 2.24) is 9.80 Å². The fraction of sp³-hybridized carbons (Fsp3) is 0.400. The number of methoxy groups -OCH3 is 1. The summed E-state index contributed by atoms with van der Waals surface area (Å²) in [5, 5.41) is 0.501. The van der Waals surface area contributed by atoms with E-state index in [9.17, 15) is 18.8 Å². The molecule has 2 aromatic rings. The molecule has 0 spiro atoms. The molecule has 35 heavy (non-hydrogen) atoms. The van der Waals surface area contributed by atoms with Gasteiger partial charge in [0.25, 0.3) is 0 Å². The van der Waals surface area contributed by atoms with Gasteiger partial charge < -0.3 is 19.3 Å². The van der Waals surface area contributed by atoms with Gasteiger partial charge in [0.15, 0.2) is 0 Å². The highest BCUT2D eigenvalue weighted by Gasteiger charge is 2.30. The van der Waals surface area contributed by atoms with Gasteiger partial charge >= 0.3 is 18.1 Å². The number of hydrogen-bond acceptors (Lipinski definition) is 5. The van der Waals surface area contributed by atoms with Crippen LogP contribution in [0.1, 0.15) is 36.7 Å². The molecule has 8 nitrogen and oxygen atoms in total. The van der Waals surface area contributed by atoms with E-state index in [1.807, 2.05) is 0 Å². The molecule has 0 saturated carbocycles. The lowest BCUT2D eigenvalue weighted by atomic mass is 10.1. The van der Waals surface area contributed by atoms with E-state index < -0.39 is 23.5 Å². The summed E-state index contributed by atoms with van der Waals surface area (Å²) in [6, 6.07) is 10.3. The highest BCUT2D eigenvalue weighted by atomic mass is 35.5. The molecule has 188 valence electrons. The van der Waals surface area contributed by atoms with Crippen LogP contribution in [0.5, 0.6) is 0 Å². The van der Waals surface area contributed by atoms with Crippen LogP contribution in [0, 0.1) is 5.82 Å². The number of urea groups is 1. The highest BCUT2D eigenvalue weighted by molar-refractivity contribution is 6.30. The molecule has 0 atom stereocenters. The Bertz CT molecular complexity index is 1080. The topological polar surface area (TPSA) is 79.4 Å². The second-order valence-corrected chi connectivity index (χ2v) is 9.53. The third kappa shape index (κ3) is 6.85. The minimum absolute atomic E-state index is 0.0694. The molecule has 1 aliphatic rings. The van der Waals surface area contributed by atoms with Crippen LogP contribution in [0.25, 0.3) is 0 Å². The first-order chi connectivity index (χ1) is 16.5. The average Bonchev–Trinajstić information content (AvgIpc) is 2.82. The lowest BCUT2D eigenvalue weighted by Gasteiger charge is -2.38. The Hall–Kier alpha value is -3.33. The number of anilines is 1. The quantitative estimate of drug-likeness (QED) is 0.550. The van der Waals surface area contributed by atoms with Gasteiger partial charge in [0.1, 0.15) is 11.4 Å². The summed E-state index contributed by atoms with van der Waals surface area (Å²) in [5.41, 5.74) is 0.235. The predicted octanol–water partition coefficient (Wildman–Crippen LogP) is 4.95. The average molecular weight is 506 g/mol. The SMILES string of the molecule is COC(=O)c1ccc(CN(C(=O)N2CCN(C(=O)OC(C)(C)C)CC2)c2ccc(Cl)cc2)c(F)c1. The molecule has 0 unspecified atom stereocenters. The van der Waals surface area contributed by atoms with Crippen molar-refractivity contribution in [2.24, 2.45) is 0 Å². The van der Waals surface area contributed by atoms with Gasteiger partial charge in [-0.3, -0.25) is 4.90 Å². The second kappa shape index (κ2) is 10.9. The normalized spacial score (nSPS) is 13.9. The van der Waals surface area contributed by atoms with E-state index >= 15 is 0 Å². The maximum absolute atomic E-state index is 14.8. The van der Waals surface area contributed by atoms with Crippen molar-refractivity contribution < 1.29 is 28.2 Å². The number of esters is 1. The maximum atomic E-state index is 14.8. The van der Waals surface area contributed by atoms with E-state index in [1.54, 1.807) is 54.8 Å². The molecule has 0 N–H and O–H groups in total. The standard InChI is InChI=1S/C25H29ClFN3O5/c1-25(2,3)35-24(33)29-13-11-28(12-14-29)23(32)30(20-9-7-19(26)8-10-20)16-18-6-5-17(15-21(18)27)22(31)34-4/h5-10,15H,11-14,16H2,1-4H3. The number of carbonyl (C=O) groups excluding carboxylic acids is 3. The zero-order valence-electron chi connectivity index (χ0n) is 20.2. The van der Waals surface area contributed by atoms with Crippen LogP contribution in [0.4, 0.5) is 19.7 Å². The minimum atomic E-state index is -0.649. The number of carbonyl (C=O) groups is 3. The molecule has 1 saturated heterocycles. The first-order valence-electron chi connectivity index (χ1n) is 11.1. The Morgan fingerprint density at radius 1 is 1.00 bits per heavy atom. The van der Waals surface area contributed by atoms with Crippen molar-refractivity contribution in [3.05, 3.63) is 64.4 Å². The number of benzene rings is 2. The molecule has 0 aromatic heterocycles. The molecule has 0 radical (unpaired) electrons. The van der Waals surface area contributed by atoms with Crippen molar-refractivity contribution in [3.8, 4) is 0 Å². The second-order valence-electron chi connectivity index (χ2n) is 9.10. The summed E-state index contributed by atoms with van der Waals surface area (Å²) in [5.74, 6) is -1.28. The van der Waals surface area contributed by atoms with Crippen LogP contribution in [0.3, 0.4) is 0 Å². The fourth-order valence-corrected chi connectivity index (χ4v) is 3.68. The van der Waals surface area contributed by atoms with Gasteiger partial charge in [-0.15, -0.1) is 0 Å². The van der Waals surface area contributed by atoms with E-state index in [-0.39, 0.29) is 23.7 Å². The summed E-state index contributed by atoms with van der Waals surface area (Å²) in [7, 11) is 1.22. The maximum Gasteiger partial charge on any atom is 0.410 e. The number of halogens is 2. The smallest absolute Gasteiger partial charge is 0.410 e. The van der Waals surface area contributed by atoms with Crippen molar-refractivity contribution >= 4 is 35.4 Å². The van der Waals surface area contributed by atoms with Crippen LogP contribution in [0.2, 0.25) is 5.02 Å². The third-order valence-corrected chi connectivity index (χ3v) is 5.63. The number of hydrogen-bond donors (Lipinski definition) is 0. The Morgan fingerprint density at radius 2 is 1.60 bits per heavy atom. The van der Waals surface area contributed by atoms with Gasteiger partial charge in [-0.2, -0.15) is 0 Å². The van der Waals surface area contributed by atoms with E-state index in [0.29, 0.717) is 36.9 Å². The molecule has 1 heterocycles. The number of piperazine rings is 1. The molecule has 2 aromatic carbocycles. The minimum Gasteiger partial charge on any atom is -0.465 e. The van der Waals surface area contributed by atoms with Crippen LogP contribution in [0.15, 0.2) is 42.5 Å². The number of ether oxygens (including phenoxy) is 2. The van der Waals surface area contributed by atoms with Crippen LogP contribution in [-0.4, -0.2) is 66.8 Å². The van der Waals surface area contributed by atoms with E-state index in [0.717, 1.165) is 6.07 Å². The molecule has 1 aliphatic heterocycles. The third-order valence-electron chi connectivity index (χ3n) is 5.37. The highest BCUT2D eigenvalue weighted by Crippen LogP contribution is 2.24. The lowest BCUT2D eigenvalue weighted by Crippen LogP contribution is -2.54. The Kier molecular flexibility index (Phi) is 8.22. The molecule has 10 heteroatoms. The Morgan fingerprint density at radius 3 is 2.14 bits per heavy atom. The monoisotopic (exact) mass is 505 g/mol. The van der Waals surface area contributed by atoms with Gasteiger partial charge in [-0.05, 0) is 57.2 Å². The predicted molar refractivity (Wildman–Crippen MR) is 130 cm³/mol. The number of amides is 3. The van der Waals surface area contributed by atoms with E-state index in [2.05, 4.69) is 4.74 Å². The lowest BCUT2D eigenvalue weighted by molar-refractivity contribution is 0.0172. The largest absolute Gasteiger partial charge is 0.465 e. The van der Waals surface area contributed by atoms with Crippen molar-refractivity contribution in [2.75, 3.05) is 38.2 Å². The molecular formula is C25H29ClFN3O5. The summed E-state index contributed by atoms with van der Waals surface area (Å²) < 4.78 is 24.9. The van der Waals surface area contributed by atoms with Crippen LogP contribution < -0.4 is 4.90 Å². The molecule has 3 amide bonds. The molecular weight excluding hydrogens is 477 g/mol. The molecule has 0 bridgehead atoms. The number of nitrogens with zero attached hydrogens (tertiary/aromatic N) is 3. The molecule has 1 fully saturated rings. The Balaban J connectivity index is 1.78. The van der Waals surface area contributed by atoms with Gasteiger partial charge in [0, 0.05) is 42.5 Å². The van der Waals surface area contributed by atoms with Crippen molar-refractivity contribution in [1.29, 1.82) is 0 Å². The number of rotatable bonds is 4. The van der Waals surface area contributed by atoms with Gasteiger partial charge in [0.2, 0.25) is 0 Å². The Labute approximate surface area is 209 Å². The zero-order chi connectivity index (χ0) is 25.8. The molecule has 3 rings (SSSR count). The summed E-state index contributed by atoms with van der Waals surface area (Å²) in [6.45, 7) is 6.55. The van der Waals surface area contributed by atoms with Gasteiger partial charge in [-0.25, -0.2) is 18.8 Å². The fourth-order valence-electron chi connectivity index (χ4n) is 3.56. The van der Waals surface area contributed by atoms with Crippen molar-refractivity contribution in [3.63, 3.8) is 0 Å². The van der Waals surface area contributed by atoms with Crippen LogP contribution in [-0.2, 0) is 16.0 Å². The van der Waals surface area contributed by atoms with E-state index in [1.165, 1.54) is 24.1 Å². The van der Waals surface area contributed by atoms with Crippen molar-refractivity contribution in [2.45, 2.75) is 32.9 Å². The van der Waals surface area contributed by atoms with Gasteiger partial charge in [-0.1, -0.05) is 17.7 Å². The first kappa shape index (κ1) is 26.3. The van der Waals surface area contributed by atoms with Gasteiger partial charge in [0.05, 0.1) is 19.2 Å². The van der Waals surface area contributed by atoms with Crippen LogP contribution >= 0.6 is 11.6 Å². The summed E-state index contributed by atoms with van der Waals surface area (Å²) in [6.07, 6.45) is -0.424. The molecule has 0 aliphatic carbocycles. The summed E-state index contributed by atoms with van der Waals surface area (Å²) >= 11 is 6.02. The first-order valence-corrected chi connectivity index (χ1v) is 11.5.